The largest absolute Gasteiger partial charge is 0.507 e. The Morgan fingerprint density at radius 1 is 0.944 bits per heavy atom. The van der Waals surface area contributed by atoms with Crippen LogP contribution in [0.1, 0.15) is 52.4 Å². The number of hydrogen-bond donors (Lipinski definition) is 7. The van der Waals surface area contributed by atoms with Gasteiger partial charge in [0.1, 0.15) is 29.6 Å². The maximum absolute atomic E-state index is 14.3. The van der Waals surface area contributed by atoms with Crippen LogP contribution in [-0.2, 0) is 25.6 Å². The number of phenolic OH excluding ortho intramolecular Hbond substituents is 2. The number of carboxylic acid groups (broad SMARTS) is 1. The molecule has 4 aromatic rings. The number of unbranched alkanes of at least 4 members (excludes halogenated alkanes) is 1. The van der Waals surface area contributed by atoms with Crippen molar-refractivity contribution in [2.75, 3.05) is 20.1 Å². The van der Waals surface area contributed by atoms with Gasteiger partial charge in [0.2, 0.25) is 17.7 Å². The molecule has 1 aliphatic heterocycles. The van der Waals surface area contributed by atoms with Crippen LogP contribution < -0.4 is 21.7 Å². The number of halogens is 1. The molecule has 4 aromatic carbocycles. The second kappa shape index (κ2) is 17.3. The van der Waals surface area contributed by atoms with Crippen LogP contribution in [0.25, 0.3) is 22.3 Å². The molecule has 0 unspecified atom stereocenters. The van der Waals surface area contributed by atoms with Crippen LogP contribution in [0.15, 0.2) is 78.9 Å². The number of hydrogen-bond acceptors (Lipinski definition) is 8. The molecule has 0 saturated heterocycles. The summed E-state index contributed by atoms with van der Waals surface area (Å²) >= 11 is 6.02. The molecule has 3 atom stereocenters. The first kappa shape index (κ1) is 39.3. The van der Waals surface area contributed by atoms with E-state index in [1.54, 1.807) is 49.4 Å². The molecular formula is C40H42ClN5O8. The zero-order valence-corrected chi connectivity index (χ0v) is 30.5. The van der Waals surface area contributed by atoms with Gasteiger partial charge in [0.25, 0.3) is 5.91 Å². The number of nitrogens with zero attached hydrogens (tertiary/aromatic N) is 1. The highest BCUT2D eigenvalue weighted by atomic mass is 35.5. The molecule has 14 heteroatoms. The van der Waals surface area contributed by atoms with E-state index in [0.717, 1.165) is 16.0 Å². The SMILES string of the molecule is Cc1cc2cc(c1O)-c1cc(ccc1O)[C@H](N(C)C(=O)[C@H](CCCCN)NC(=O)c1ccc(-c3ccc(Cl)cc3)cc1)C(=O)NCC(=O)N[C@H](C(=O)O)C2. The second-order valence-corrected chi connectivity index (χ2v) is 13.6. The number of likely N-dealkylation sites (N-methyl/N-ethyl adjacent to an activating group) is 1. The van der Waals surface area contributed by atoms with Gasteiger partial charge in [-0.1, -0.05) is 48.0 Å². The quantitative estimate of drug-likeness (QED) is 0.116. The highest BCUT2D eigenvalue weighted by Gasteiger charge is 2.35. The second-order valence-electron chi connectivity index (χ2n) is 13.2. The minimum atomic E-state index is -1.40. The van der Waals surface area contributed by atoms with E-state index in [-0.39, 0.29) is 41.0 Å². The minimum absolute atomic E-state index is 0.122. The molecule has 4 amide bonds. The maximum atomic E-state index is 14.3. The van der Waals surface area contributed by atoms with Gasteiger partial charge in [-0.15, -0.1) is 0 Å². The molecule has 0 aliphatic carbocycles. The Hall–Kier alpha value is -5.92. The monoisotopic (exact) mass is 755 g/mol. The van der Waals surface area contributed by atoms with Crippen molar-refractivity contribution >= 4 is 41.2 Å². The third-order valence-corrected chi connectivity index (χ3v) is 9.59. The van der Waals surface area contributed by atoms with Crippen molar-refractivity contribution in [3.63, 3.8) is 0 Å². The molecule has 0 radical (unpaired) electrons. The van der Waals surface area contributed by atoms with Gasteiger partial charge in [-0.3, -0.25) is 19.2 Å². The van der Waals surface area contributed by atoms with Crippen LogP contribution in [0.5, 0.6) is 11.5 Å². The number of phenols is 2. The Balaban J connectivity index is 1.50. The van der Waals surface area contributed by atoms with E-state index in [1.165, 1.54) is 31.3 Å². The number of aliphatic carboxylic acids is 1. The van der Waals surface area contributed by atoms with E-state index in [1.807, 2.05) is 12.1 Å². The summed E-state index contributed by atoms with van der Waals surface area (Å²) in [6, 6.07) is 17.5. The van der Waals surface area contributed by atoms with E-state index in [9.17, 15) is 39.3 Å². The normalized spacial score (nSPS) is 16.3. The lowest BCUT2D eigenvalue weighted by atomic mass is 9.92. The van der Waals surface area contributed by atoms with Gasteiger partial charge in [0.15, 0.2) is 0 Å². The van der Waals surface area contributed by atoms with E-state index < -0.39 is 54.3 Å². The predicted octanol–water partition coefficient (Wildman–Crippen LogP) is 4.06. The first-order chi connectivity index (χ1) is 25.8. The standard InChI is InChI=1S/C40H42ClN5O8/c1-22-17-23-18-30(36(22)49)29-20-27(12-15-33(29)47)35(38(51)43-21-34(48)44-32(19-23)40(53)54)46(2)39(52)31(5-3-4-16-42)45-37(50)26-8-6-24(7-9-26)25-10-13-28(41)14-11-25/h6-15,17-18,20,31-32,35,47,49H,3-5,16,19,21,42H2,1-2H3,(H,43,51)(H,44,48)(H,45,50)(H,53,54)/t31-,32-,35-/m0/s1. The van der Waals surface area contributed by atoms with Crippen LogP contribution in [0, 0.1) is 6.92 Å². The average molecular weight is 756 g/mol. The third-order valence-electron chi connectivity index (χ3n) is 9.34. The molecular weight excluding hydrogens is 714 g/mol. The van der Waals surface area contributed by atoms with Crippen molar-refractivity contribution in [1.29, 1.82) is 0 Å². The number of fused-ring (bicyclic) bond motifs is 5. The summed E-state index contributed by atoms with van der Waals surface area (Å²) in [6.45, 7) is 1.36. The van der Waals surface area contributed by atoms with Crippen molar-refractivity contribution in [1.82, 2.24) is 20.9 Å². The molecule has 0 saturated carbocycles. The van der Waals surface area contributed by atoms with E-state index in [2.05, 4.69) is 16.0 Å². The number of amides is 4. The molecule has 4 bridgehead atoms. The van der Waals surface area contributed by atoms with Gasteiger partial charge in [0, 0.05) is 35.2 Å². The van der Waals surface area contributed by atoms with Gasteiger partial charge >= 0.3 is 5.97 Å². The predicted molar refractivity (Wildman–Crippen MR) is 203 cm³/mol. The average Bonchev–Trinajstić information content (AvgIpc) is 3.15. The topological polar surface area (TPSA) is 211 Å². The van der Waals surface area contributed by atoms with Gasteiger partial charge in [-0.2, -0.15) is 0 Å². The van der Waals surface area contributed by atoms with Gasteiger partial charge in [0.05, 0.1) is 6.54 Å². The Morgan fingerprint density at radius 2 is 1.61 bits per heavy atom. The molecule has 0 aromatic heterocycles. The molecule has 0 fully saturated rings. The first-order valence-electron chi connectivity index (χ1n) is 17.4. The summed E-state index contributed by atoms with van der Waals surface area (Å²) in [5.41, 5.74) is 9.13. The van der Waals surface area contributed by atoms with Crippen molar-refractivity contribution in [2.24, 2.45) is 5.73 Å². The van der Waals surface area contributed by atoms with Crippen molar-refractivity contribution < 1.29 is 39.3 Å². The van der Waals surface area contributed by atoms with Gasteiger partial charge < -0.3 is 41.9 Å². The number of carboxylic acids is 1. The number of aryl methyl sites for hydroxylation is 1. The van der Waals surface area contributed by atoms with Crippen LogP contribution in [0.2, 0.25) is 5.02 Å². The van der Waals surface area contributed by atoms with E-state index in [4.69, 9.17) is 17.3 Å². The number of rotatable bonds is 10. The van der Waals surface area contributed by atoms with Gasteiger partial charge in [-0.05, 0) is 103 Å². The van der Waals surface area contributed by atoms with Gasteiger partial charge in [-0.25, -0.2) is 4.79 Å². The molecule has 13 nitrogen and oxygen atoms in total. The molecule has 282 valence electrons. The van der Waals surface area contributed by atoms with Crippen LogP contribution >= 0.6 is 11.6 Å². The van der Waals surface area contributed by atoms with Crippen LogP contribution in [0.4, 0.5) is 0 Å². The summed E-state index contributed by atoms with van der Waals surface area (Å²) in [6.07, 6.45) is 1.10. The fraction of sp³-hybridized carbons (Fsp3) is 0.275. The Labute approximate surface area is 317 Å². The number of aromatic hydroxyl groups is 2. The number of carbonyl (C=O) groups is 5. The highest BCUT2D eigenvalue weighted by Crippen LogP contribution is 2.40. The molecule has 1 aliphatic rings. The summed E-state index contributed by atoms with van der Waals surface area (Å²) in [5, 5.41) is 40.2. The number of nitrogens with one attached hydrogen (secondary N) is 3. The first-order valence-corrected chi connectivity index (χ1v) is 17.7. The number of benzene rings is 4. The van der Waals surface area contributed by atoms with Crippen LogP contribution in [0.3, 0.4) is 0 Å². The number of carbonyl (C=O) groups excluding carboxylic acids is 4. The van der Waals surface area contributed by atoms with Crippen LogP contribution in [-0.4, -0.2) is 82.0 Å². The lowest BCUT2D eigenvalue weighted by molar-refractivity contribution is -0.142. The fourth-order valence-electron chi connectivity index (χ4n) is 6.43. The maximum Gasteiger partial charge on any atom is 0.326 e. The Kier molecular flexibility index (Phi) is 12.6. The highest BCUT2D eigenvalue weighted by molar-refractivity contribution is 6.30. The fourth-order valence-corrected chi connectivity index (χ4v) is 6.56. The van der Waals surface area contributed by atoms with Crippen molar-refractivity contribution in [2.45, 2.75) is 50.7 Å². The summed E-state index contributed by atoms with van der Waals surface area (Å²) < 4.78 is 0. The Bertz CT molecular complexity index is 2050. The summed E-state index contributed by atoms with van der Waals surface area (Å²) in [4.78, 5) is 68.0. The third kappa shape index (κ3) is 9.17. The van der Waals surface area contributed by atoms with E-state index in [0.29, 0.717) is 41.1 Å². The molecule has 0 spiro atoms. The smallest absolute Gasteiger partial charge is 0.326 e. The molecule has 54 heavy (non-hydrogen) atoms. The molecule has 8 N–H and O–H groups in total. The molecule has 5 rings (SSSR count). The zero-order valence-electron chi connectivity index (χ0n) is 29.8. The van der Waals surface area contributed by atoms with Crippen molar-refractivity contribution in [3.05, 3.63) is 106 Å². The number of nitrogens with two attached hydrogens (primary N) is 1. The Morgan fingerprint density at radius 3 is 2.26 bits per heavy atom. The lowest BCUT2D eigenvalue weighted by Crippen LogP contribution is -2.52. The van der Waals surface area contributed by atoms with E-state index >= 15 is 0 Å². The zero-order chi connectivity index (χ0) is 39.1. The minimum Gasteiger partial charge on any atom is -0.507 e. The summed E-state index contributed by atoms with van der Waals surface area (Å²) in [5.74, 6) is -4.47. The summed E-state index contributed by atoms with van der Waals surface area (Å²) in [7, 11) is 1.38. The van der Waals surface area contributed by atoms with Crippen molar-refractivity contribution in [3.8, 4) is 33.8 Å². The lowest BCUT2D eigenvalue weighted by Gasteiger charge is -2.32. The molecule has 1 heterocycles.